The van der Waals surface area contributed by atoms with Gasteiger partial charge < -0.3 is 10.8 Å². The topological polar surface area (TPSA) is 46.2 Å². The van der Waals surface area contributed by atoms with Crippen LogP contribution in [-0.4, -0.2) is 5.11 Å². The van der Waals surface area contributed by atoms with Gasteiger partial charge in [0.2, 0.25) is 0 Å². The van der Waals surface area contributed by atoms with Gasteiger partial charge in [-0.15, -0.1) is 11.3 Å². The number of fused-ring (bicyclic) bond motifs is 1. The Morgan fingerprint density at radius 1 is 1.38 bits per heavy atom. The summed E-state index contributed by atoms with van der Waals surface area (Å²) in [5.41, 5.74) is 6.65. The average Bonchev–Trinajstić information content (AvgIpc) is 2.42. The first-order valence-corrected chi connectivity index (χ1v) is 5.68. The zero-order valence-electron chi connectivity index (χ0n) is 6.75. The number of hydrogen-bond donors (Lipinski definition) is 2. The molecule has 1 heterocycles. The van der Waals surface area contributed by atoms with E-state index in [9.17, 15) is 0 Å². The molecular weight excluding hydrogens is 297 g/mol. The van der Waals surface area contributed by atoms with Crippen LogP contribution in [0.5, 0.6) is 0 Å². The quantitative estimate of drug-likeness (QED) is 0.796. The number of hydrogen-bond acceptors (Lipinski definition) is 3. The number of halogens is 1. The minimum atomic E-state index is 0.0893. The van der Waals surface area contributed by atoms with Gasteiger partial charge in [-0.05, 0) is 51.7 Å². The molecule has 4 heteroatoms. The highest BCUT2D eigenvalue weighted by Gasteiger charge is 2.04. The van der Waals surface area contributed by atoms with Crippen molar-refractivity contribution in [2.45, 2.75) is 6.61 Å². The van der Waals surface area contributed by atoms with Gasteiger partial charge in [-0.2, -0.15) is 0 Å². The van der Waals surface area contributed by atoms with Gasteiger partial charge in [0, 0.05) is 8.27 Å². The van der Waals surface area contributed by atoms with Crippen molar-refractivity contribution in [3.05, 3.63) is 27.3 Å². The first-order chi connectivity index (χ1) is 6.20. The van der Waals surface area contributed by atoms with Crippen LogP contribution in [-0.2, 0) is 6.61 Å². The van der Waals surface area contributed by atoms with E-state index in [1.165, 1.54) is 0 Å². The molecule has 0 atom stereocenters. The molecule has 0 saturated carbocycles. The van der Waals surface area contributed by atoms with E-state index in [-0.39, 0.29) is 6.61 Å². The lowest BCUT2D eigenvalue weighted by Gasteiger charge is -1.99. The molecule has 2 rings (SSSR count). The van der Waals surface area contributed by atoms with Gasteiger partial charge in [0.05, 0.1) is 11.6 Å². The molecule has 0 fully saturated rings. The predicted molar refractivity (Wildman–Crippen MR) is 64.9 cm³/mol. The summed E-state index contributed by atoms with van der Waals surface area (Å²) in [6, 6.07) is 6.01. The van der Waals surface area contributed by atoms with E-state index >= 15 is 0 Å². The van der Waals surface area contributed by atoms with Crippen molar-refractivity contribution in [1.82, 2.24) is 0 Å². The van der Waals surface area contributed by atoms with Gasteiger partial charge in [0.25, 0.3) is 0 Å². The molecule has 2 nitrogen and oxygen atoms in total. The summed E-state index contributed by atoms with van der Waals surface area (Å²) in [5.74, 6) is 0. The highest BCUT2D eigenvalue weighted by Crippen LogP contribution is 2.30. The van der Waals surface area contributed by atoms with Crippen LogP contribution >= 0.6 is 33.9 Å². The smallest absolute Gasteiger partial charge is 0.0868 e. The van der Waals surface area contributed by atoms with E-state index < -0.39 is 0 Å². The largest absolute Gasteiger partial charge is 0.392 e. The van der Waals surface area contributed by atoms with Crippen molar-refractivity contribution in [1.29, 1.82) is 0 Å². The molecule has 0 aliphatic rings. The summed E-state index contributed by atoms with van der Waals surface area (Å²) in [4.78, 5) is 0. The molecule has 68 valence electrons. The average molecular weight is 305 g/mol. The van der Waals surface area contributed by atoms with Gasteiger partial charge in [-0.25, -0.2) is 0 Å². The molecule has 0 aliphatic carbocycles. The molecule has 0 spiro atoms. The molecule has 1 aromatic carbocycles. The number of rotatable bonds is 1. The minimum absolute atomic E-state index is 0.0893. The maximum Gasteiger partial charge on any atom is 0.0868 e. The van der Waals surface area contributed by atoms with Crippen LogP contribution in [0.1, 0.15) is 5.56 Å². The molecule has 0 radical (unpaired) electrons. The Bertz CT molecular complexity index is 452. The fraction of sp³-hybridized carbons (Fsp3) is 0.111. The predicted octanol–water partition coefficient (Wildman–Crippen LogP) is 2.58. The number of nitrogen functional groups attached to an aromatic ring is 1. The fourth-order valence-electron chi connectivity index (χ4n) is 1.24. The Balaban J connectivity index is 2.72. The highest BCUT2D eigenvalue weighted by molar-refractivity contribution is 14.1. The SMILES string of the molecule is Nc1cc2cc(I)c(CO)cc2s1. The van der Waals surface area contributed by atoms with Crippen molar-refractivity contribution < 1.29 is 5.11 Å². The lowest BCUT2D eigenvalue weighted by Crippen LogP contribution is -1.86. The molecule has 3 N–H and O–H groups in total. The maximum absolute atomic E-state index is 9.05. The zero-order valence-corrected chi connectivity index (χ0v) is 9.72. The lowest BCUT2D eigenvalue weighted by atomic mass is 10.2. The second kappa shape index (κ2) is 3.43. The van der Waals surface area contributed by atoms with E-state index in [1.807, 2.05) is 18.2 Å². The number of benzene rings is 1. The number of aliphatic hydroxyl groups excluding tert-OH is 1. The third-order valence-electron chi connectivity index (χ3n) is 1.87. The van der Waals surface area contributed by atoms with Crippen LogP contribution in [0, 0.1) is 3.57 Å². The van der Waals surface area contributed by atoms with Crippen LogP contribution in [0.25, 0.3) is 10.1 Å². The van der Waals surface area contributed by atoms with Crippen molar-refractivity contribution in [3.63, 3.8) is 0 Å². The summed E-state index contributed by atoms with van der Waals surface area (Å²) in [7, 11) is 0. The number of thiophene rings is 1. The second-order valence-corrected chi connectivity index (χ2v) is 5.07. The van der Waals surface area contributed by atoms with E-state index in [2.05, 4.69) is 22.6 Å². The Kier molecular flexibility index (Phi) is 2.44. The van der Waals surface area contributed by atoms with Gasteiger partial charge >= 0.3 is 0 Å². The summed E-state index contributed by atoms with van der Waals surface area (Å²) in [5, 5.41) is 11.0. The van der Waals surface area contributed by atoms with Crippen molar-refractivity contribution in [2.24, 2.45) is 0 Å². The standard InChI is InChI=1S/C9H8INOS/c10-7-1-5-3-9(11)13-8(5)2-6(7)4-12/h1-3,12H,4,11H2. The molecule has 0 bridgehead atoms. The van der Waals surface area contributed by atoms with Gasteiger partial charge in [-0.3, -0.25) is 0 Å². The number of nitrogens with two attached hydrogens (primary N) is 1. The number of anilines is 1. The Hall–Kier alpha value is -0.330. The van der Waals surface area contributed by atoms with Crippen LogP contribution in [0.2, 0.25) is 0 Å². The molecule has 0 saturated heterocycles. The normalized spacial score (nSPS) is 10.9. The van der Waals surface area contributed by atoms with Crippen LogP contribution in [0.15, 0.2) is 18.2 Å². The molecule has 0 aliphatic heterocycles. The zero-order chi connectivity index (χ0) is 9.42. The van der Waals surface area contributed by atoms with E-state index in [0.29, 0.717) is 0 Å². The van der Waals surface area contributed by atoms with Crippen LogP contribution < -0.4 is 5.73 Å². The van der Waals surface area contributed by atoms with Crippen LogP contribution in [0.3, 0.4) is 0 Å². The Morgan fingerprint density at radius 3 is 2.85 bits per heavy atom. The fourth-order valence-corrected chi connectivity index (χ4v) is 2.78. The molecule has 2 aromatic rings. The van der Waals surface area contributed by atoms with E-state index in [4.69, 9.17) is 10.8 Å². The van der Waals surface area contributed by atoms with E-state index in [1.54, 1.807) is 11.3 Å². The van der Waals surface area contributed by atoms with Crippen molar-refractivity contribution in [2.75, 3.05) is 5.73 Å². The lowest BCUT2D eigenvalue weighted by molar-refractivity contribution is 0.281. The Morgan fingerprint density at radius 2 is 2.15 bits per heavy atom. The molecule has 1 aromatic heterocycles. The maximum atomic E-state index is 9.05. The minimum Gasteiger partial charge on any atom is -0.392 e. The summed E-state index contributed by atoms with van der Waals surface area (Å²) >= 11 is 3.78. The highest BCUT2D eigenvalue weighted by atomic mass is 127. The second-order valence-electron chi connectivity index (χ2n) is 2.79. The van der Waals surface area contributed by atoms with Crippen molar-refractivity contribution >= 4 is 49.0 Å². The van der Waals surface area contributed by atoms with Gasteiger partial charge in [0.15, 0.2) is 0 Å². The Labute approximate surface area is 93.5 Å². The first-order valence-electron chi connectivity index (χ1n) is 3.79. The summed E-state index contributed by atoms with van der Waals surface area (Å²) in [6.07, 6.45) is 0. The van der Waals surface area contributed by atoms with Crippen LogP contribution in [0.4, 0.5) is 5.00 Å². The molecule has 0 unspecified atom stereocenters. The third-order valence-corrected chi connectivity index (χ3v) is 3.81. The third kappa shape index (κ3) is 1.66. The van der Waals surface area contributed by atoms with Crippen molar-refractivity contribution in [3.8, 4) is 0 Å². The molecular formula is C9H8INOS. The van der Waals surface area contributed by atoms with E-state index in [0.717, 1.165) is 24.2 Å². The molecule has 0 amide bonds. The number of aliphatic hydroxyl groups is 1. The molecule has 13 heavy (non-hydrogen) atoms. The monoisotopic (exact) mass is 305 g/mol. The van der Waals surface area contributed by atoms with Gasteiger partial charge in [-0.1, -0.05) is 0 Å². The van der Waals surface area contributed by atoms with Gasteiger partial charge in [0.1, 0.15) is 0 Å². The summed E-state index contributed by atoms with van der Waals surface area (Å²) < 4.78 is 2.23. The first kappa shape index (κ1) is 9.23. The summed E-state index contributed by atoms with van der Waals surface area (Å²) in [6.45, 7) is 0.0893.